The van der Waals surface area contributed by atoms with Crippen LogP contribution in [0.15, 0.2) is 53.6 Å². The molecule has 11 nitrogen and oxygen atoms in total. The number of hydrogen-bond acceptors (Lipinski definition) is 9. The number of halogens is 1. The van der Waals surface area contributed by atoms with Crippen LogP contribution in [0, 0.1) is 5.82 Å². The SMILES string of the molecule is CN(C)c1ccc2cc(-c3ccccc3F)c(SCC(=O)NCCOCCOCCNC(=O)CCCC[C@@H]3SC[C@@H]4NC(=O)N[C@@H]43)nc2c1. The van der Waals surface area contributed by atoms with Gasteiger partial charge in [0.25, 0.3) is 0 Å². The summed E-state index contributed by atoms with van der Waals surface area (Å²) >= 11 is 3.16. The number of unbranched alkanes of at least 4 members (excludes halogenated alkanes) is 1. The Morgan fingerprint density at radius 1 is 0.980 bits per heavy atom. The minimum Gasteiger partial charge on any atom is -0.378 e. The van der Waals surface area contributed by atoms with Crippen molar-refractivity contribution in [2.75, 3.05) is 70.0 Å². The Balaban J connectivity index is 0.919. The summed E-state index contributed by atoms with van der Waals surface area (Å²) in [5, 5.41) is 13.6. The third-order valence-electron chi connectivity index (χ3n) is 8.38. The number of anilines is 1. The van der Waals surface area contributed by atoms with E-state index in [2.05, 4.69) is 21.3 Å². The summed E-state index contributed by atoms with van der Waals surface area (Å²) in [6, 6.07) is 14.8. The first-order valence-corrected chi connectivity index (χ1v) is 18.7. The average Bonchev–Trinajstić information content (AvgIpc) is 3.65. The molecule has 1 aromatic heterocycles. The largest absolute Gasteiger partial charge is 0.378 e. The molecule has 4 amide bonds. The minimum atomic E-state index is -0.343. The highest BCUT2D eigenvalue weighted by Crippen LogP contribution is 2.35. The fourth-order valence-corrected chi connectivity index (χ4v) is 8.19. The Morgan fingerprint density at radius 2 is 1.73 bits per heavy atom. The van der Waals surface area contributed by atoms with Crippen molar-refractivity contribution in [2.24, 2.45) is 0 Å². The maximum absolute atomic E-state index is 14.8. The molecule has 4 N–H and O–H groups in total. The molecular formula is C35H45FN6O5S2. The molecule has 2 aliphatic rings. The van der Waals surface area contributed by atoms with Crippen molar-refractivity contribution in [3.8, 4) is 11.1 Å². The van der Waals surface area contributed by atoms with Crippen LogP contribution in [-0.2, 0) is 19.1 Å². The van der Waals surface area contributed by atoms with Crippen molar-refractivity contribution in [1.82, 2.24) is 26.3 Å². The molecule has 2 fully saturated rings. The van der Waals surface area contributed by atoms with Crippen LogP contribution in [0.25, 0.3) is 22.0 Å². The fourth-order valence-electron chi connectivity index (χ4n) is 5.79. The Bertz CT molecular complexity index is 1600. The molecule has 2 aliphatic heterocycles. The predicted octanol–water partition coefficient (Wildman–Crippen LogP) is 4.19. The van der Waals surface area contributed by atoms with Gasteiger partial charge in [-0.15, -0.1) is 0 Å². The lowest BCUT2D eigenvalue weighted by Crippen LogP contribution is -2.36. The maximum Gasteiger partial charge on any atom is 0.315 e. The van der Waals surface area contributed by atoms with Crippen molar-refractivity contribution in [1.29, 1.82) is 0 Å². The first kappa shape index (κ1) is 36.7. The number of fused-ring (bicyclic) bond motifs is 2. The number of nitrogens with one attached hydrogen (secondary N) is 4. The molecule has 264 valence electrons. The van der Waals surface area contributed by atoms with Crippen LogP contribution in [-0.4, -0.2) is 105 Å². The van der Waals surface area contributed by atoms with Crippen LogP contribution in [0.5, 0.6) is 0 Å². The third kappa shape index (κ3) is 10.7. The van der Waals surface area contributed by atoms with Gasteiger partial charge in [-0.3, -0.25) is 9.59 Å². The van der Waals surface area contributed by atoms with Crippen LogP contribution >= 0.6 is 23.5 Å². The molecule has 2 aromatic carbocycles. The van der Waals surface area contributed by atoms with Crippen molar-refractivity contribution in [2.45, 2.75) is 48.0 Å². The first-order chi connectivity index (χ1) is 23.8. The van der Waals surface area contributed by atoms with Crippen LogP contribution in [0.3, 0.4) is 0 Å². The monoisotopic (exact) mass is 712 g/mol. The van der Waals surface area contributed by atoms with Gasteiger partial charge in [0.2, 0.25) is 11.8 Å². The highest BCUT2D eigenvalue weighted by atomic mass is 32.2. The van der Waals surface area contributed by atoms with E-state index >= 15 is 0 Å². The second-order valence-corrected chi connectivity index (χ2v) is 14.4. The van der Waals surface area contributed by atoms with Gasteiger partial charge in [0, 0.05) is 66.8 Å². The van der Waals surface area contributed by atoms with Gasteiger partial charge < -0.3 is 35.6 Å². The highest BCUT2D eigenvalue weighted by Gasteiger charge is 2.42. The van der Waals surface area contributed by atoms with Gasteiger partial charge in [-0.1, -0.05) is 42.4 Å². The predicted molar refractivity (Wildman–Crippen MR) is 194 cm³/mol. The number of aromatic nitrogens is 1. The Morgan fingerprint density at radius 3 is 2.49 bits per heavy atom. The number of pyridine rings is 1. The molecule has 0 bridgehead atoms. The number of urea groups is 1. The molecule has 0 radical (unpaired) electrons. The zero-order chi connectivity index (χ0) is 34.6. The molecule has 3 heterocycles. The average molecular weight is 713 g/mol. The van der Waals surface area contributed by atoms with Gasteiger partial charge in [-0.25, -0.2) is 14.2 Å². The number of rotatable bonds is 19. The third-order valence-corrected chi connectivity index (χ3v) is 10.9. The Kier molecular flexibility index (Phi) is 13.8. The zero-order valence-electron chi connectivity index (χ0n) is 28.0. The molecule has 3 atom stereocenters. The molecule has 5 rings (SSSR count). The molecule has 0 unspecified atom stereocenters. The molecular weight excluding hydrogens is 668 g/mol. The number of benzene rings is 2. The van der Waals surface area contributed by atoms with Crippen LogP contribution in [0.1, 0.15) is 25.7 Å². The van der Waals surface area contributed by atoms with E-state index in [0.717, 1.165) is 41.6 Å². The number of ether oxygens (including phenoxy) is 2. The lowest BCUT2D eigenvalue weighted by molar-refractivity contribution is -0.121. The van der Waals surface area contributed by atoms with Crippen molar-refractivity contribution in [3.63, 3.8) is 0 Å². The molecule has 0 spiro atoms. The van der Waals surface area contributed by atoms with Gasteiger partial charge in [0.15, 0.2) is 0 Å². The van der Waals surface area contributed by atoms with Crippen molar-refractivity contribution < 1.29 is 28.2 Å². The van der Waals surface area contributed by atoms with Crippen molar-refractivity contribution in [3.05, 3.63) is 54.3 Å². The lowest BCUT2D eigenvalue weighted by Gasteiger charge is -2.16. The molecule has 0 saturated carbocycles. The molecule has 0 aliphatic carbocycles. The number of carbonyl (C=O) groups is 3. The van der Waals surface area contributed by atoms with Gasteiger partial charge in [-0.2, -0.15) is 11.8 Å². The van der Waals surface area contributed by atoms with Gasteiger partial charge in [0.1, 0.15) is 10.8 Å². The van der Waals surface area contributed by atoms with E-state index < -0.39 is 0 Å². The van der Waals surface area contributed by atoms with E-state index in [-0.39, 0.29) is 41.5 Å². The maximum atomic E-state index is 14.8. The van der Waals surface area contributed by atoms with Crippen LogP contribution in [0.2, 0.25) is 0 Å². The second-order valence-electron chi connectivity index (χ2n) is 12.2. The standard InChI is InChI=1S/C35H45FN6O5S2/c1-42(2)24-12-11-23-19-26(25-7-3-4-8-27(25)36)34(39-28(23)20-24)49-22-32(44)38-14-16-47-18-17-46-15-13-37-31(43)10-6-5-9-30-33-29(21-48-30)40-35(45)41-33/h3-4,7-8,11-12,19-20,29-30,33H,5-6,9-10,13-18,21-22H2,1-2H3,(H,37,43)(H,38,44)(H2,40,41,45)/t29-,30-,33-/m0/s1. The number of amides is 4. The topological polar surface area (TPSA) is 134 Å². The Hall–Kier alpha value is -3.59. The van der Waals surface area contributed by atoms with E-state index in [4.69, 9.17) is 14.5 Å². The van der Waals surface area contributed by atoms with Crippen LogP contribution in [0.4, 0.5) is 14.9 Å². The van der Waals surface area contributed by atoms with E-state index in [1.807, 2.05) is 55.0 Å². The van der Waals surface area contributed by atoms with Crippen molar-refractivity contribution >= 4 is 58.0 Å². The number of carbonyl (C=O) groups excluding carboxylic acids is 3. The van der Waals surface area contributed by atoms with E-state index in [1.54, 1.807) is 18.2 Å². The summed E-state index contributed by atoms with van der Waals surface area (Å²) in [6.07, 6.45) is 3.24. The van der Waals surface area contributed by atoms with E-state index in [9.17, 15) is 18.8 Å². The molecule has 49 heavy (non-hydrogen) atoms. The molecule has 3 aromatic rings. The number of nitrogens with zero attached hydrogens (tertiary/aromatic N) is 2. The highest BCUT2D eigenvalue weighted by molar-refractivity contribution is 8.00. The summed E-state index contributed by atoms with van der Waals surface area (Å²) in [5.74, 6) is 0.570. The van der Waals surface area contributed by atoms with Gasteiger partial charge >= 0.3 is 6.03 Å². The smallest absolute Gasteiger partial charge is 0.315 e. The minimum absolute atomic E-state index is 0.0138. The Labute approximate surface area is 295 Å². The molecule has 14 heteroatoms. The normalized spacial score (nSPS) is 18.2. The number of hydrogen-bond donors (Lipinski definition) is 4. The van der Waals surface area contributed by atoms with Gasteiger partial charge in [-0.05, 0) is 37.1 Å². The van der Waals surface area contributed by atoms with Crippen LogP contribution < -0.4 is 26.2 Å². The summed E-state index contributed by atoms with van der Waals surface area (Å²) in [7, 11) is 3.92. The molecule has 2 saturated heterocycles. The number of thioether (sulfide) groups is 2. The summed E-state index contributed by atoms with van der Waals surface area (Å²) in [6.45, 7) is 2.27. The second kappa shape index (κ2) is 18.4. The zero-order valence-corrected chi connectivity index (χ0v) is 29.6. The van der Waals surface area contributed by atoms with Gasteiger partial charge in [0.05, 0.1) is 49.8 Å². The fraction of sp³-hybridized carbons (Fsp3) is 0.486. The summed E-state index contributed by atoms with van der Waals surface area (Å²) in [5.41, 5.74) is 2.86. The quantitative estimate of drug-likeness (QED) is 0.0821. The first-order valence-electron chi connectivity index (χ1n) is 16.7. The van der Waals surface area contributed by atoms with E-state index in [1.165, 1.54) is 17.8 Å². The summed E-state index contributed by atoms with van der Waals surface area (Å²) in [4.78, 5) is 43.0. The lowest BCUT2D eigenvalue weighted by atomic mass is 10.0. The summed E-state index contributed by atoms with van der Waals surface area (Å²) < 4.78 is 25.9. The van der Waals surface area contributed by atoms with E-state index in [0.29, 0.717) is 67.3 Å².